The standard InChI is InChI=1S/C17H16Cl2N2/c1-2-5-15-17-11(6-3-9-16(17)21-20-15)10-12-13(18)7-4-8-14(12)19/h3-4,6-9H,2,5,10H2,1H3,(H,20,21). The van der Waals surface area contributed by atoms with Crippen molar-refractivity contribution >= 4 is 34.1 Å². The van der Waals surface area contributed by atoms with Crippen LogP contribution in [0.4, 0.5) is 0 Å². The van der Waals surface area contributed by atoms with Gasteiger partial charge >= 0.3 is 0 Å². The molecule has 3 aromatic rings. The van der Waals surface area contributed by atoms with Crippen LogP contribution in [0.3, 0.4) is 0 Å². The fraction of sp³-hybridized carbons (Fsp3) is 0.235. The number of aromatic amines is 1. The van der Waals surface area contributed by atoms with Crippen molar-refractivity contribution in [2.45, 2.75) is 26.2 Å². The number of nitrogens with one attached hydrogen (secondary N) is 1. The quantitative estimate of drug-likeness (QED) is 0.684. The van der Waals surface area contributed by atoms with Gasteiger partial charge in [-0.1, -0.05) is 54.7 Å². The van der Waals surface area contributed by atoms with Gasteiger partial charge in [-0.15, -0.1) is 0 Å². The molecule has 0 saturated carbocycles. The molecule has 4 heteroatoms. The molecular weight excluding hydrogens is 303 g/mol. The third-order valence-electron chi connectivity index (χ3n) is 3.67. The molecule has 0 fully saturated rings. The van der Waals surface area contributed by atoms with E-state index < -0.39 is 0 Å². The topological polar surface area (TPSA) is 28.7 Å². The molecule has 2 nitrogen and oxygen atoms in total. The molecule has 1 N–H and O–H groups in total. The van der Waals surface area contributed by atoms with Gasteiger partial charge in [-0.2, -0.15) is 5.10 Å². The zero-order chi connectivity index (χ0) is 14.8. The van der Waals surface area contributed by atoms with Crippen LogP contribution in [0, 0.1) is 0 Å². The number of benzene rings is 2. The minimum absolute atomic E-state index is 0.708. The molecule has 1 aromatic heterocycles. The lowest BCUT2D eigenvalue weighted by molar-refractivity contribution is 0.873. The third kappa shape index (κ3) is 2.78. The number of aromatic nitrogens is 2. The molecule has 0 saturated heterocycles. The van der Waals surface area contributed by atoms with Crippen molar-refractivity contribution in [1.29, 1.82) is 0 Å². The van der Waals surface area contributed by atoms with Crippen molar-refractivity contribution in [1.82, 2.24) is 10.2 Å². The number of hydrogen-bond donors (Lipinski definition) is 1. The van der Waals surface area contributed by atoms with E-state index in [4.69, 9.17) is 23.2 Å². The summed E-state index contributed by atoms with van der Waals surface area (Å²) in [5.74, 6) is 0. The molecule has 1 heterocycles. The Kier molecular flexibility index (Phi) is 4.18. The molecule has 0 radical (unpaired) electrons. The molecule has 0 atom stereocenters. The maximum atomic E-state index is 6.30. The Morgan fingerprint density at radius 3 is 2.48 bits per heavy atom. The first-order valence-electron chi connectivity index (χ1n) is 7.08. The maximum absolute atomic E-state index is 6.30. The SMILES string of the molecule is CCCc1[nH]nc2cccc(Cc3c(Cl)cccc3Cl)c12. The molecule has 108 valence electrons. The predicted molar refractivity (Wildman–Crippen MR) is 89.4 cm³/mol. The normalized spacial score (nSPS) is 11.2. The lowest BCUT2D eigenvalue weighted by Crippen LogP contribution is -1.94. The Bertz CT molecular complexity index is 757. The van der Waals surface area contributed by atoms with E-state index in [1.165, 1.54) is 16.6 Å². The molecule has 0 aliphatic rings. The summed E-state index contributed by atoms with van der Waals surface area (Å²) in [5, 5.41) is 10.2. The highest BCUT2D eigenvalue weighted by Gasteiger charge is 2.13. The Morgan fingerprint density at radius 2 is 1.76 bits per heavy atom. The van der Waals surface area contributed by atoms with E-state index in [-0.39, 0.29) is 0 Å². The third-order valence-corrected chi connectivity index (χ3v) is 4.38. The summed E-state index contributed by atoms with van der Waals surface area (Å²) >= 11 is 12.6. The summed E-state index contributed by atoms with van der Waals surface area (Å²) in [6.45, 7) is 2.17. The van der Waals surface area contributed by atoms with Gasteiger partial charge < -0.3 is 0 Å². The number of rotatable bonds is 4. The Balaban J connectivity index is 2.10. The van der Waals surface area contributed by atoms with E-state index in [0.717, 1.165) is 23.9 Å². The number of hydrogen-bond acceptors (Lipinski definition) is 1. The monoisotopic (exact) mass is 318 g/mol. The van der Waals surface area contributed by atoms with Gasteiger partial charge in [0.2, 0.25) is 0 Å². The van der Waals surface area contributed by atoms with Gasteiger partial charge in [-0.25, -0.2) is 0 Å². The number of H-pyrrole nitrogens is 1. The zero-order valence-corrected chi connectivity index (χ0v) is 13.3. The van der Waals surface area contributed by atoms with E-state index in [1.54, 1.807) is 0 Å². The Hall–Kier alpha value is -1.51. The van der Waals surface area contributed by atoms with Crippen LogP contribution in [0.2, 0.25) is 10.0 Å². The molecule has 0 bridgehead atoms. The van der Waals surface area contributed by atoms with Crippen LogP contribution in [-0.4, -0.2) is 10.2 Å². The van der Waals surface area contributed by atoms with Crippen molar-refractivity contribution < 1.29 is 0 Å². The highest BCUT2D eigenvalue weighted by atomic mass is 35.5. The first-order chi connectivity index (χ1) is 10.2. The molecule has 3 rings (SSSR count). The second-order valence-corrected chi connectivity index (χ2v) is 5.95. The number of aryl methyl sites for hydroxylation is 1. The average Bonchev–Trinajstić information content (AvgIpc) is 2.88. The number of fused-ring (bicyclic) bond motifs is 1. The summed E-state index contributed by atoms with van der Waals surface area (Å²) in [4.78, 5) is 0. The second-order valence-electron chi connectivity index (χ2n) is 5.14. The van der Waals surface area contributed by atoms with Gasteiger partial charge in [0.05, 0.1) is 5.52 Å². The van der Waals surface area contributed by atoms with Gasteiger partial charge in [0.1, 0.15) is 0 Å². The first kappa shape index (κ1) is 14.4. The molecule has 21 heavy (non-hydrogen) atoms. The van der Waals surface area contributed by atoms with Crippen LogP contribution in [0.25, 0.3) is 10.9 Å². The van der Waals surface area contributed by atoms with Crippen molar-refractivity contribution in [2.24, 2.45) is 0 Å². The summed E-state index contributed by atoms with van der Waals surface area (Å²) in [6.07, 6.45) is 2.79. The van der Waals surface area contributed by atoms with Gasteiger partial charge in [0.15, 0.2) is 0 Å². The van der Waals surface area contributed by atoms with Gasteiger partial charge in [-0.3, -0.25) is 5.10 Å². The predicted octanol–water partition coefficient (Wildman–Crippen LogP) is 5.41. The smallest absolute Gasteiger partial charge is 0.0926 e. The summed E-state index contributed by atoms with van der Waals surface area (Å²) < 4.78 is 0. The van der Waals surface area contributed by atoms with E-state index >= 15 is 0 Å². The van der Waals surface area contributed by atoms with Gasteiger partial charge in [0.25, 0.3) is 0 Å². The highest BCUT2D eigenvalue weighted by molar-refractivity contribution is 6.36. The molecule has 0 amide bonds. The summed E-state index contributed by atoms with van der Waals surface area (Å²) in [5.41, 5.74) is 4.36. The minimum atomic E-state index is 0.708. The van der Waals surface area contributed by atoms with Gasteiger partial charge in [-0.05, 0) is 35.7 Å². The van der Waals surface area contributed by atoms with E-state index in [1.807, 2.05) is 30.3 Å². The zero-order valence-electron chi connectivity index (χ0n) is 11.8. The minimum Gasteiger partial charge on any atom is -0.281 e. The summed E-state index contributed by atoms with van der Waals surface area (Å²) in [7, 11) is 0. The molecule has 0 aliphatic heterocycles. The van der Waals surface area contributed by atoms with Gasteiger partial charge in [0, 0.05) is 27.5 Å². The number of nitrogens with zero attached hydrogens (tertiary/aromatic N) is 1. The van der Waals surface area contributed by atoms with Crippen LogP contribution >= 0.6 is 23.2 Å². The van der Waals surface area contributed by atoms with Crippen LogP contribution in [0.5, 0.6) is 0 Å². The molecule has 2 aromatic carbocycles. The maximum Gasteiger partial charge on any atom is 0.0926 e. The lowest BCUT2D eigenvalue weighted by Gasteiger charge is -2.09. The lowest BCUT2D eigenvalue weighted by atomic mass is 9.99. The molecular formula is C17H16Cl2N2. The summed E-state index contributed by atoms with van der Waals surface area (Å²) in [6, 6.07) is 11.8. The molecule has 0 aliphatic carbocycles. The van der Waals surface area contributed by atoms with Crippen LogP contribution < -0.4 is 0 Å². The van der Waals surface area contributed by atoms with Crippen molar-refractivity contribution in [3.63, 3.8) is 0 Å². The average molecular weight is 319 g/mol. The van der Waals surface area contributed by atoms with Crippen LogP contribution in [-0.2, 0) is 12.8 Å². The Morgan fingerprint density at radius 1 is 1.05 bits per heavy atom. The van der Waals surface area contributed by atoms with Crippen LogP contribution in [0.1, 0.15) is 30.2 Å². The van der Waals surface area contributed by atoms with E-state index in [9.17, 15) is 0 Å². The van der Waals surface area contributed by atoms with E-state index in [2.05, 4.69) is 23.2 Å². The second kappa shape index (κ2) is 6.08. The van der Waals surface area contributed by atoms with Crippen molar-refractivity contribution in [3.05, 3.63) is 63.3 Å². The largest absolute Gasteiger partial charge is 0.281 e. The fourth-order valence-electron chi connectivity index (χ4n) is 2.68. The highest BCUT2D eigenvalue weighted by Crippen LogP contribution is 2.30. The van der Waals surface area contributed by atoms with Crippen LogP contribution in [0.15, 0.2) is 36.4 Å². The Labute approximate surface area is 134 Å². The van der Waals surface area contributed by atoms with E-state index in [0.29, 0.717) is 16.5 Å². The number of halogens is 2. The first-order valence-corrected chi connectivity index (χ1v) is 7.84. The van der Waals surface area contributed by atoms with Crippen molar-refractivity contribution in [2.75, 3.05) is 0 Å². The molecule has 0 unspecified atom stereocenters. The molecule has 0 spiro atoms. The van der Waals surface area contributed by atoms with Crippen molar-refractivity contribution in [3.8, 4) is 0 Å². The fourth-order valence-corrected chi connectivity index (χ4v) is 3.21.